The van der Waals surface area contributed by atoms with Crippen LogP contribution in [0.2, 0.25) is 0 Å². The number of nitrogens with one attached hydrogen (secondary N) is 1. The number of rotatable bonds is 10. The zero-order valence-corrected chi connectivity index (χ0v) is 12.1. The van der Waals surface area contributed by atoms with Crippen LogP contribution in [-0.4, -0.2) is 51.5 Å². The van der Waals surface area contributed by atoms with Crippen molar-refractivity contribution in [1.82, 2.24) is 10.3 Å². The first kappa shape index (κ1) is 16.6. The van der Waals surface area contributed by atoms with Gasteiger partial charge in [-0.3, -0.25) is 4.98 Å². The highest BCUT2D eigenvalue weighted by Crippen LogP contribution is 2.01. The standard InChI is InChI=1S/C14H22N2O4/c1-18-8-9-20-7-3-6-15-11-13-5-4-12(10-16-13)14(17)19-2/h4-5,10,15H,3,6-9,11H2,1-2H3. The average molecular weight is 282 g/mol. The molecule has 6 heteroatoms. The normalized spacial score (nSPS) is 10.5. The first-order valence-corrected chi connectivity index (χ1v) is 6.58. The van der Waals surface area contributed by atoms with E-state index < -0.39 is 0 Å². The Morgan fingerprint density at radius 3 is 2.75 bits per heavy atom. The minimum absolute atomic E-state index is 0.370. The highest BCUT2D eigenvalue weighted by Gasteiger charge is 2.04. The van der Waals surface area contributed by atoms with Gasteiger partial charge in [-0.25, -0.2) is 4.79 Å². The molecule has 0 aliphatic rings. The summed E-state index contributed by atoms with van der Waals surface area (Å²) in [5, 5.41) is 3.27. The van der Waals surface area contributed by atoms with Crippen LogP contribution >= 0.6 is 0 Å². The van der Waals surface area contributed by atoms with E-state index in [0.29, 0.717) is 31.9 Å². The molecule has 0 aliphatic carbocycles. The van der Waals surface area contributed by atoms with E-state index in [1.54, 1.807) is 13.2 Å². The highest BCUT2D eigenvalue weighted by atomic mass is 16.5. The van der Waals surface area contributed by atoms with Crippen molar-refractivity contribution in [3.05, 3.63) is 29.6 Å². The number of hydrogen-bond acceptors (Lipinski definition) is 6. The van der Waals surface area contributed by atoms with Crippen molar-refractivity contribution in [2.75, 3.05) is 40.6 Å². The van der Waals surface area contributed by atoms with Gasteiger partial charge >= 0.3 is 5.97 Å². The molecule has 0 aromatic carbocycles. The van der Waals surface area contributed by atoms with Gasteiger partial charge in [0.05, 0.1) is 31.6 Å². The number of carbonyl (C=O) groups excluding carboxylic acids is 1. The predicted octanol–water partition coefficient (Wildman–Crippen LogP) is 1.01. The minimum Gasteiger partial charge on any atom is -0.465 e. The molecule has 6 nitrogen and oxygen atoms in total. The predicted molar refractivity (Wildman–Crippen MR) is 74.6 cm³/mol. The quantitative estimate of drug-likeness (QED) is 0.510. The summed E-state index contributed by atoms with van der Waals surface area (Å²) in [7, 11) is 3.01. The van der Waals surface area contributed by atoms with E-state index in [4.69, 9.17) is 9.47 Å². The lowest BCUT2D eigenvalue weighted by Crippen LogP contribution is -2.17. The molecular formula is C14H22N2O4. The summed E-state index contributed by atoms with van der Waals surface area (Å²) in [4.78, 5) is 15.4. The summed E-state index contributed by atoms with van der Waals surface area (Å²) in [6.07, 6.45) is 2.46. The molecule has 20 heavy (non-hydrogen) atoms. The van der Waals surface area contributed by atoms with Crippen LogP contribution in [0.15, 0.2) is 18.3 Å². The van der Waals surface area contributed by atoms with E-state index in [1.807, 2.05) is 6.07 Å². The van der Waals surface area contributed by atoms with E-state index in [-0.39, 0.29) is 5.97 Å². The van der Waals surface area contributed by atoms with Crippen LogP contribution in [-0.2, 0) is 20.8 Å². The molecular weight excluding hydrogens is 260 g/mol. The van der Waals surface area contributed by atoms with Crippen molar-refractivity contribution >= 4 is 5.97 Å². The number of esters is 1. The first-order chi connectivity index (χ1) is 9.77. The summed E-state index contributed by atoms with van der Waals surface area (Å²) in [5.41, 5.74) is 1.35. The molecule has 1 rings (SSSR count). The fourth-order valence-electron chi connectivity index (χ4n) is 1.53. The maximum Gasteiger partial charge on any atom is 0.339 e. The Kier molecular flexibility index (Phi) is 8.53. The summed E-state index contributed by atoms with van der Waals surface area (Å²) in [5.74, 6) is -0.370. The molecule has 1 N–H and O–H groups in total. The third-order valence-electron chi connectivity index (χ3n) is 2.63. The SMILES string of the molecule is COCCOCCCNCc1ccc(C(=O)OC)cn1. The second kappa shape index (κ2) is 10.3. The third-order valence-corrected chi connectivity index (χ3v) is 2.63. The molecule has 0 saturated heterocycles. The van der Waals surface area contributed by atoms with E-state index >= 15 is 0 Å². The summed E-state index contributed by atoms with van der Waals surface area (Å²) < 4.78 is 14.8. The van der Waals surface area contributed by atoms with Gasteiger partial charge in [-0.05, 0) is 25.1 Å². The van der Waals surface area contributed by atoms with Crippen molar-refractivity contribution in [3.63, 3.8) is 0 Å². The van der Waals surface area contributed by atoms with Gasteiger partial charge in [0, 0.05) is 26.5 Å². The van der Waals surface area contributed by atoms with E-state index in [0.717, 1.165) is 18.7 Å². The van der Waals surface area contributed by atoms with Gasteiger partial charge in [0.15, 0.2) is 0 Å². The first-order valence-electron chi connectivity index (χ1n) is 6.58. The average Bonchev–Trinajstić information content (AvgIpc) is 2.50. The Morgan fingerprint density at radius 1 is 1.25 bits per heavy atom. The van der Waals surface area contributed by atoms with Gasteiger partial charge in [0.1, 0.15) is 0 Å². The van der Waals surface area contributed by atoms with Crippen LogP contribution in [0.1, 0.15) is 22.5 Å². The number of ether oxygens (including phenoxy) is 3. The maximum atomic E-state index is 11.2. The summed E-state index contributed by atoms with van der Waals surface area (Å²) in [6, 6.07) is 3.53. The Hall–Kier alpha value is -1.50. The lowest BCUT2D eigenvalue weighted by Gasteiger charge is -2.06. The molecule has 1 heterocycles. The van der Waals surface area contributed by atoms with Crippen molar-refractivity contribution in [3.8, 4) is 0 Å². The van der Waals surface area contributed by atoms with Crippen LogP contribution in [0, 0.1) is 0 Å². The number of hydrogen-bond donors (Lipinski definition) is 1. The number of aromatic nitrogens is 1. The number of carbonyl (C=O) groups is 1. The molecule has 0 spiro atoms. The molecule has 1 aromatic heterocycles. The Morgan fingerprint density at radius 2 is 2.10 bits per heavy atom. The molecule has 1 aromatic rings. The van der Waals surface area contributed by atoms with Gasteiger partial charge in [-0.1, -0.05) is 0 Å². The van der Waals surface area contributed by atoms with Crippen LogP contribution in [0.5, 0.6) is 0 Å². The molecule has 0 amide bonds. The molecule has 0 saturated carbocycles. The molecule has 0 bridgehead atoms. The van der Waals surface area contributed by atoms with Crippen LogP contribution in [0.4, 0.5) is 0 Å². The Balaban J connectivity index is 2.11. The van der Waals surface area contributed by atoms with E-state index in [2.05, 4.69) is 15.0 Å². The second-order valence-corrected chi connectivity index (χ2v) is 4.17. The van der Waals surface area contributed by atoms with Gasteiger partial charge in [0.25, 0.3) is 0 Å². The van der Waals surface area contributed by atoms with Crippen molar-refractivity contribution in [2.45, 2.75) is 13.0 Å². The summed E-state index contributed by atoms with van der Waals surface area (Å²) >= 11 is 0. The molecule has 112 valence electrons. The monoisotopic (exact) mass is 282 g/mol. The van der Waals surface area contributed by atoms with E-state index in [9.17, 15) is 4.79 Å². The van der Waals surface area contributed by atoms with E-state index in [1.165, 1.54) is 13.3 Å². The lowest BCUT2D eigenvalue weighted by atomic mass is 10.2. The van der Waals surface area contributed by atoms with Crippen LogP contribution in [0.3, 0.4) is 0 Å². The molecule has 0 aliphatic heterocycles. The van der Waals surface area contributed by atoms with Crippen molar-refractivity contribution < 1.29 is 19.0 Å². The minimum atomic E-state index is -0.370. The zero-order valence-electron chi connectivity index (χ0n) is 12.1. The van der Waals surface area contributed by atoms with Gasteiger partial charge in [0.2, 0.25) is 0 Å². The molecule has 0 fully saturated rings. The van der Waals surface area contributed by atoms with Crippen molar-refractivity contribution in [2.24, 2.45) is 0 Å². The molecule has 0 radical (unpaired) electrons. The van der Waals surface area contributed by atoms with Crippen LogP contribution in [0.25, 0.3) is 0 Å². The third kappa shape index (κ3) is 6.60. The smallest absolute Gasteiger partial charge is 0.339 e. The van der Waals surface area contributed by atoms with Gasteiger partial charge in [-0.15, -0.1) is 0 Å². The number of pyridine rings is 1. The van der Waals surface area contributed by atoms with Crippen LogP contribution < -0.4 is 5.32 Å². The van der Waals surface area contributed by atoms with Crippen molar-refractivity contribution in [1.29, 1.82) is 0 Å². The Bertz CT molecular complexity index is 381. The summed E-state index contributed by atoms with van der Waals surface area (Å²) in [6.45, 7) is 3.49. The Labute approximate surface area is 119 Å². The highest BCUT2D eigenvalue weighted by molar-refractivity contribution is 5.88. The largest absolute Gasteiger partial charge is 0.465 e. The lowest BCUT2D eigenvalue weighted by molar-refractivity contribution is 0.0600. The van der Waals surface area contributed by atoms with Gasteiger partial charge < -0.3 is 19.5 Å². The van der Waals surface area contributed by atoms with Gasteiger partial charge in [-0.2, -0.15) is 0 Å². The molecule has 0 unspecified atom stereocenters. The second-order valence-electron chi connectivity index (χ2n) is 4.17. The fourth-order valence-corrected chi connectivity index (χ4v) is 1.53. The molecule has 0 atom stereocenters. The number of methoxy groups -OCH3 is 2. The zero-order chi connectivity index (χ0) is 14.6. The maximum absolute atomic E-state index is 11.2. The topological polar surface area (TPSA) is 69.7 Å². The fraction of sp³-hybridized carbons (Fsp3) is 0.571. The number of nitrogens with zero attached hydrogens (tertiary/aromatic N) is 1.